The van der Waals surface area contributed by atoms with Crippen molar-refractivity contribution < 1.29 is 0 Å². The molecule has 2 bridgehead atoms. The summed E-state index contributed by atoms with van der Waals surface area (Å²) in [5, 5.41) is 0.663. The summed E-state index contributed by atoms with van der Waals surface area (Å²) in [6.07, 6.45) is 5.68. The fourth-order valence-corrected chi connectivity index (χ4v) is 4.78. The first-order chi connectivity index (χ1) is 10.1. The summed E-state index contributed by atoms with van der Waals surface area (Å²) in [4.78, 5) is 4.72. The molecule has 2 aliphatic rings. The number of rotatable bonds is 3. The Morgan fingerprint density at radius 3 is 2.86 bits per heavy atom. The predicted molar refractivity (Wildman–Crippen MR) is 87.9 cm³/mol. The van der Waals surface area contributed by atoms with Crippen LogP contribution in [0.4, 0.5) is 0 Å². The summed E-state index contributed by atoms with van der Waals surface area (Å²) in [6.45, 7) is 3.06. The molecule has 2 nitrogen and oxygen atoms in total. The highest BCUT2D eigenvalue weighted by Gasteiger charge is 2.39. The predicted octanol–water partition coefficient (Wildman–Crippen LogP) is 5.43. The normalized spacial score (nSPS) is 29.4. The van der Waals surface area contributed by atoms with Crippen LogP contribution in [0.2, 0.25) is 5.02 Å². The lowest BCUT2D eigenvalue weighted by atomic mass is 9.88. The Morgan fingerprint density at radius 2 is 2.19 bits per heavy atom. The highest BCUT2D eigenvalue weighted by Crippen LogP contribution is 2.49. The number of fused-ring (bicyclic) bond motifs is 3. The van der Waals surface area contributed by atoms with Crippen LogP contribution < -0.4 is 0 Å². The summed E-state index contributed by atoms with van der Waals surface area (Å²) in [6, 6.07) is 5.98. The molecule has 2 aromatic rings. The van der Waals surface area contributed by atoms with E-state index in [1.165, 1.54) is 31.2 Å². The summed E-state index contributed by atoms with van der Waals surface area (Å²) in [5.41, 5.74) is 2.14. The number of aromatic nitrogens is 2. The third-order valence-electron chi connectivity index (χ3n) is 5.40. The summed E-state index contributed by atoms with van der Waals surface area (Å²) < 4.78 is 2.34. The highest BCUT2D eigenvalue weighted by molar-refractivity contribution is 6.31. The Hall–Kier alpha value is -0.730. The molecular formula is C17H20Cl2N2. The zero-order chi connectivity index (χ0) is 14.6. The highest BCUT2D eigenvalue weighted by atomic mass is 35.5. The quantitative estimate of drug-likeness (QED) is 0.689. The second kappa shape index (κ2) is 5.17. The summed E-state index contributed by atoms with van der Waals surface area (Å²) in [7, 11) is 0. The van der Waals surface area contributed by atoms with Gasteiger partial charge in [-0.2, -0.15) is 0 Å². The van der Waals surface area contributed by atoms with E-state index in [0.29, 0.717) is 0 Å². The van der Waals surface area contributed by atoms with Crippen LogP contribution in [0, 0.1) is 17.8 Å². The third-order valence-corrected chi connectivity index (χ3v) is 5.83. The third kappa shape index (κ3) is 2.37. The van der Waals surface area contributed by atoms with Crippen LogP contribution in [0.3, 0.4) is 0 Å². The van der Waals surface area contributed by atoms with Gasteiger partial charge in [0.05, 0.1) is 16.4 Å². The summed E-state index contributed by atoms with van der Waals surface area (Å²) in [5.74, 6) is 3.67. The number of benzene rings is 1. The standard InChI is InChI=1S/C17H20Cl2N2/c1-10(18)17-20-15-8-14(19)4-5-16(15)21(17)9-13-7-11-2-3-12(13)6-11/h4-5,8,10-13H,2-3,6-7,9H2,1H3. The van der Waals surface area contributed by atoms with Crippen molar-refractivity contribution in [3.05, 3.63) is 29.0 Å². The second-order valence-corrected chi connectivity index (χ2v) is 7.86. The molecule has 2 aliphatic carbocycles. The lowest BCUT2D eigenvalue weighted by Gasteiger charge is -2.23. The average molecular weight is 323 g/mol. The zero-order valence-corrected chi connectivity index (χ0v) is 13.7. The molecule has 0 amide bonds. The molecule has 1 heterocycles. The summed E-state index contributed by atoms with van der Waals surface area (Å²) >= 11 is 12.5. The number of nitrogens with zero attached hydrogens (tertiary/aromatic N) is 2. The average Bonchev–Trinajstić information content (AvgIpc) is 3.12. The van der Waals surface area contributed by atoms with Gasteiger partial charge >= 0.3 is 0 Å². The van der Waals surface area contributed by atoms with Crippen LogP contribution in [0.1, 0.15) is 43.8 Å². The van der Waals surface area contributed by atoms with Gasteiger partial charge in [0.2, 0.25) is 0 Å². The molecule has 0 saturated heterocycles. The minimum absolute atomic E-state index is 0.0743. The zero-order valence-electron chi connectivity index (χ0n) is 12.2. The number of hydrogen-bond acceptors (Lipinski definition) is 1. The van der Waals surface area contributed by atoms with Crippen LogP contribution in [0.15, 0.2) is 18.2 Å². The monoisotopic (exact) mass is 322 g/mol. The van der Waals surface area contributed by atoms with Gasteiger partial charge in [-0.25, -0.2) is 4.98 Å². The minimum Gasteiger partial charge on any atom is -0.326 e. The smallest absolute Gasteiger partial charge is 0.127 e. The molecule has 4 rings (SSSR count). The van der Waals surface area contributed by atoms with E-state index in [9.17, 15) is 0 Å². The molecule has 4 heteroatoms. The van der Waals surface area contributed by atoms with Crippen molar-refractivity contribution in [2.45, 2.75) is 44.5 Å². The van der Waals surface area contributed by atoms with Gasteiger partial charge in [0.25, 0.3) is 0 Å². The Kier molecular flexibility index (Phi) is 3.42. The van der Waals surface area contributed by atoms with Gasteiger partial charge in [-0.3, -0.25) is 0 Å². The van der Waals surface area contributed by atoms with Gasteiger partial charge in [-0.05, 0) is 62.1 Å². The molecule has 4 unspecified atom stereocenters. The van der Waals surface area contributed by atoms with Crippen LogP contribution in [0.5, 0.6) is 0 Å². The van der Waals surface area contributed by atoms with Crippen molar-refractivity contribution in [1.82, 2.24) is 9.55 Å². The van der Waals surface area contributed by atoms with Gasteiger partial charge in [0.15, 0.2) is 0 Å². The number of halogens is 2. The largest absolute Gasteiger partial charge is 0.326 e. The Labute approximate surface area is 135 Å². The molecule has 0 aliphatic heterocycles. The molecule has 0 radical (unpaired) electrons. The van der Waals surface area contributed by atoms with Gasteiger partial charge in [-0.1, -0.05) is 18.0 Å². The van der Waals surface area contributed by atoms with E-state index >= 15 is 0 Å². The SMILES string of the molecule is CC(Cl)c1nc2cc(Cl)ccc2n1CC1CC2CCC1C2. The molecular weight excluding hydrogens is 303 g/mol. The lowest BCUT2D eigenvalue weighted by molar-refractivity contribution is 0.295. The molecule has 2 saturated carbocycles. The van der Waals surface area contributed by atoms with E-state index in [4.69, 9.17) is 28.2 Å². The Morgan fingerprint density at radius 1 is 1.33 bits per heavy atom. The number of hydrogen-bond donors (Lipinski definition) is 0. The van der Waals surface area contributed by atoms with E-state index in [-0.39, 0.29) is 5.38 Å². The minimum atomic E-state index is -0.0743. The van der Waals surface area contributed by atoms with E-state index in [2.05, 4.69) is 10.6 Å². The van der Waals surface area contributed by atoms with Crippen molar-refractivity contribution in [2.75, 3.05) is 0 Å². The van der Waals surface area contributed by atoms with Gasteiger partial charge in [0, 0.05) is 11.6 Å². The first-order valence-corrected chi connectivity index (χ1v) is 8.73. The second-order valence-electron chi connectivity index (χ2n) is 6.76. The molecule has 2 fully saturated rings. The molecule has 1 aromatic carbocycles. The fourth-order valence-electron chi connectivity index (χ4n) is 4.45. The molecule has 0 N–H and O–H groups in total. The number of imidazole rings is 1. The molecule has 112 valence electrons. The number of alkyl halides is 1. The van der Waals surface area contributed by atoms with Gasteiger partial charge in [0.1, 0.15) is 5.82 Å². The molecule has 21 heavy (non-hydrogen) atoms. The Balaban J connectivity index is 1.73. The molecule has 1 aromatic heterocycles. The van der Waals surface area contributed by atoms with Gasteiger partial charge in [-0.15, -0.1) is 11.6 Å². The molecule has 4 atom stereocenters. The topological polar surface area (TPSA) is 17.8 Å². The van der Waals surface area contributed by atoms with Crippen molar-refractivity contribution in [2.24, 2.45) is 17.8 Å². The van der Waals surface area contributed by atoms with Crippen LogP contribution in [0.25, 0.3) is 11.0 Å². The van der Waals surface area contributed by atoms with E-state index in [0.717, 1.165) is 40.7 Å². The van der Waals surface area contributed by atoms with Crippen LogP contribution in [-0.4, -0.2) is 9.55 Å². The van der Waals surface area contributed by atoms with Crippen LogP contribution >= 0.6 is 23.2 Å². The maximum Gasteiger partial charge on any atom is 0.127 e. The van der Waals surface area contributed by atoms with E-state index in [1.54, 1.807) is 0 Å². The van der Waals surface area contributed by atoms with Crippen molar-refractivity contribution in [1.29, 1.82) is 0 Å². The molecule has 0 spiro atoms. The maximum absolute atomic E-state index is 6.37. The Bertz CT molecular complexity index is 677. The van der Waals surface area contributed by atoms with Crippen LogP contribution in [-0.2, 0) is 6.54 Å². The maximum atomic E-state index is 6.37. The van der Waals surface area contributed by atoms with Crippen molar-refractivity contribution >= 4 is 34.2 Å². The van der Waals surface area contributed by atoms with Crippen molar-refractivity contribution in [3.8, 4) is 0 Å². The lowest BCUT2D eigenvalue weighted by Crippen LogP contribution is -2.19. The van der Waals surface area contributed by atoms with E-state index < -0.39 is 0 Å². The first kappa shape index (κ1) is 13.9. The van der Waals surface area contributed by atoms with Gasteiger partial charge < -0.3 is 4.57 Å². The van der Waals surface area contributed by atoms with Crippen molar-refractivity contribution in [3.63, 3.8) is 0 Å². The first-order valence-electron chi connectivity index (χ1n) is 7.91. The van der Waals surface area contributed by atoms with E-state index in [1.807, 2.05) is 19.1 Å². The fraction of sp³-hybridized carbons (Fsp3) is 0.588.